The van der Waals surface area contributed by atoms with Crippen LogP contribution in [-0.2, 0) is 15.1 Å². The number of hydrogen-bond acceptors (Lipinski definition) is 5. The average Bonchev–Trinajstić information content (AvgIpc) is 2.62. The van der Waals surface area contributed by atoms with Crippen molar-refractivity contribution in [3.63, 3.8) is 0 Å². The lowest BCUT2D eigenvalue weighted by molar-refractivity contribution is 0.0526. The molecule has 2 aromatic carbocycles. The minimum atomic E-state index is -5.02. The maximum atomic E-state index is 12.5. The van der Waals surface area contributed by atoms with Crippen molar-refractivity contribution in [1.29, 1.82) is 0 Å². The van der Waals surface area contributed by atoms with Gasteiger partial charge in [-0.1, -0.05) is 12.1 Å². The molecule has 27 heavy (non-hydrogen) atoms. The molecule has 1 unspecified atom stereocenters. The molecule has 2 aromatic rings. The third-order valence-electron chi connectivity index (χ3n) is 3.22. The number of halogens is 3. The van der Waals surface area contributed by atoms with Gasteiger partial charge < -0.3 is 14.2 Å². The molecule has 0 radical (unpaired) electrons. The number of thioether (sulfide) groups is 1. The number of ether oxygens (including phenoxy) is 1. The molecule has 1 N–H and O–H groups in total. The predicted octanol–water partition coefficient (Wildman–Crippen LogP) is 5.70. The van der Waals surface area contributed by atoms with Crippen LogP contribution in [0.4, 0.5) is 8.78 Å². The quantitative estimate of drug-likeness (QED) is 0.296. The van der Waals surface area contributed by atoms with Crippen LogP contribution in [0.2, 0.25) is 0 Å². The summed E-state index contributed by atoms with van der Waals surface area (Å²) in [5.74, 6) is -0.00702. The Balaban J connectivity index is 2.05. The lowest BCUT2D eigenvalue weighted by atomic mass is 10.2. The third-order valence-corrected chi connectivity index (χ3v) is 5.86. The summed E-state index contributed by atoms with van der Waals surface area (Å²) < 4.78 is 46.0. The van der Waals surface area contributed by atoms with E-state index in [9.17, 15) is 18.1 Å². The Hall–Kier alpha value is -1.41. The van der Waals surface area contributed by atoms with E-state index >= 15 is 0 Å². The van der Waals surface area contributed by atoms with Gasteiger partial charge >= 0.3 is 19.7 Å². The molecule has 0 amide bonds. The fourth-order valence-corrected chi connectivity index (χ4v) is 4.03. The summed E-state index contributed by atoms with van der Waals surface area (Å²) in [4.78, 5) is 21.7. The van der Waals surface area contributed by atoms with E-state index in [0.717, 1.165) is 10.5 Å². The van der Waals surface area contributed by atoms with Gasteiger partial charge in [-0.2, -0.15) is 8.78 Å². The largest absolute Gasteiger partial charge is 0.462 e. The van der Waals surface area contributed by atoms with Crippen LogP contribution >= 0.6 is 35.3 Å². The Kier molecular flexibility index (Phi) is 7.85. The molecule has 0 spiro atoms. The topological polar surface area (TPSA) is 72.8 Å². The predicted molar refractivity (Wildman–Crippen MR) is 103 cm³/mol. The molecule has 0 heterocycles. The fraction of sp³-hybridized carbons (Fsp3) is 0.235. The van der Waals surface area contributed by atoms with Gasteiger partial charge in [-0.05, 0) is 58.7 Å². The Morgan fingerprint density at radius 1 is 1.30 bits per heavy atom. The van der Waals surface area contributed by atoms with E-state index in [2.05, 4.69) is 20.5 Å². The first-order chi connectivity index (χ1) is 12.7. The molecule has 5 nitrogen and oxygen atoms in total. The summed E-state index contributed by atoms with van der Waals surface area (Å²) in [5, 5.41) is 0. The molecule has 2 rings (SSSR count). The molecular formula is C17H16BrF2O5PS. The molecule has 1 atom stereocenters. The van der Waals surface area contributed by atoms with E-state index in [-0.39, 0.29) is 10.2 Å². The number of benzene rings is 2. The Morgan fingerprint density at radius 3 is 2.67 bits per heavy atom. The zero-order valence-electron chi connectivity index (χ0n) is 14.1. The first kappa shape index (κ1) is 21.9. The van der Waals surface area contributed by atoms with Gasteiger partial charge in [-0.3, -0.25) is 0 Å². The highest BCUT2D eigenvalue weighted by atomic mass is 79.9. The third kappa shape index (κ3) is 6.31. The Bertz CT molecular complexity index is 865. The normalized spacial score (nSPS) is 13.3. The van der Waals surface area contributed by atoms with Crippen LogP contribution in [0.5, 0.6) is 5.75 Å². The highest BCUT2D eigenvalue weighted by Crippen LogP contribution is 2.50. The van der Waals surface area contributed by atoms with E-state index in [1.54, 1.807) is 37.3 Å². The van der Waals surface area contributed by atoms with E-state index < -0.39 is 19.7 Å². The molecule has 0 aliphatic heterocycles. The van der Waals surface area contributed by atoms with Crippen LogP contribution in [0.15, 0.2) is 51.8 Å². The second kappa shape index (κ2) is 9.68. The van der Waals surface area contributed by atoms with Gasteiger partial charge in [-0.15, -0.1) is 11.8 Å². The van der Waals surface area contributed by atoms with Gasteiger partial charge in [0.1, 0.15) is 5.75 Å². The highest BCUT2D eigenvalue weighted by Gasteiger charge is 2.34. The number of carbonyl (C=O) groups is 1. The monoisotopic (exact) mass is 480 g/mol. The molecule has 0 aliphatic carbocycles. The molecule has 0 bridgehead atoms. The fourth-order valence-electron chi connectivity index (χ4n) is 1.98. The summed E-state index contributed by atoms with van der Waals surface area (Å²) in [6.45, 7) is 2.03. The number of esters is 1. The zero-order chi connectivity index (χ0) is 20.0. The first-order valence-electron chi connectivity index (χ1n) is 7.71. The van der Waals surface area contributed by atoms with Gasteiger partial charge in [0.15, 0.2) is 0 Å². The van der Waals surface area contributed by atoms with E-state index in [1.807, 2.05) is 6.07 Å². The van der Waals surface area contributed by atoms with Crippen molar-refractivity contribution < 1.29 is 32.3 Å². The molecule has 0 saturated heterocycles. The summed E-state index contributed by atoms with van der Waals surface area (Å²) in [6, 6.07) is 11.6. The van der Waals surface area contributed by atoms with Gasteiger partial charge in [0, 0.05) is 10.6 Å². The number of carbonyl (C=O) groups excluding carboxylic acids is 1. The molecule has 146 valence electrons. The van der Waals surface area contributed by atoms with Crippen LogP contribution in [0.3, 0.4) is 0 Å². The van der Waals surface area contributed by atoms with Crippen molar-refractivity contribution in [3.8, 4) is 5.75 Å². The minimum Gasteiger partial charge on any atom is -0.462 e. The van der Waals surface area contributed by atoms with Gasteiger partial charge in [-0.25, -0.2) is 9.36 Å². The van der Waals surface area contributed by atoms with Crippen LogP contribution in [0, 0.1) is 0 Å². The highest BCUT2D eigenvalue weighted by molar-refractivity contribution is 9.10. The Labute approximate surface area is 167 Å². The standard InChI is InChI=1S/C17H16BrF2O5PS/c1-2-24-16(21)12-4-3-5-13(9-12)27-10-11-6-7-15(14(18)8-11)25-26(22,23)17(19)20/h3-9,17H,2,10H2,1H3,(H,22,23). The van der Waals surface area contributed by atoms with Crippen molar-refractivity contribution in [2.45, 2.75) is 23.7 Å². The molecule has 0 aliphatic rings. The van der Waals surface area contributed by atoms with Crippen molar-refractivity contribution in [1.82, 2.24) is 0 Å². The van der Waals surface area contributed by atoms with Crippen molar-refractivity contribution in [2.24, 2.45) is 0 Å². The second-order valence-corrected chi connectivity index (χ2v) is 8.84. The smallest absolute Gasteiger partial charge is 0.442 e. The van der Waals surface area contributed by atoms with Crippen molar-refractivity contribution >= 4 is 41.3 Å². The van der Waals surface area contributed by atoms with Gasteiger partial charge in [0.2, 0.25) is 0 Å². The van der Waals surface area contributed by atoms with E-state index in [1.165, 1.54) is 17.8 Å². The lowest BCUT2D eigenvalue weighted by Crippen LogP contribution is -2.04. The summed E-state index contributed by atoms with van der Waals surface area (Å²) in [5.41, 5.74) is 1.28. The van der Waals surface area contributed by atoms with E-state index in [4.69, 9.17) is 9.63 Å². The molecule has 10 heteroatoms. The molecule has 0 saturated carbocycles. The Morgan fingerprint density at radius 2 is 2.04 bits per heavy atom. The first-order valence-corrected chi connectivity index (χ1v) is 11.1. The van der Waals surface area contributed by atoms with Gasteiger partial charge in [0.25, 0.3) is 0 Å². The SMILES string of the molecule is CCOC(=O)c1cccc(SCc2ccc(OP(=O)(O)C(F)F)c(Br)c2)c1. The van der Waals surface area contributed by atoms with Crippen LogP contribution in [0.1, 0.15) is 22.8 Å². The summed E-state index contributed by atoms with van der Waals surface area (Å²) in [7, 11) is -5.02. The minimum absolute atomic E-state index is 0.140. The van der Waals surface area contributed by atoms with Crippen LogP contribution in [0.25, 0.3) is 0 Å². The molecule has 0 aromatic heterocycles. The number of alkyl halides is 2. The zero-order valence-corrected chi connectivity index (χ0v) is 17.4. The number of rotatable bonds is 8. The van der Waals surface area contributed by atoms with Gasteiger partial charge in [0.05, 0.1) is 16.6 Å². The van der Waals surface area contributed by atoms with Crippen LogP contribution < -0.4 is 4.52 Å². The average molecular weight is 481 g/mol. The van der Waals surface area contributed by atoms with Crippen LogP contribution in [-0.4, -0.2) is 23.6 Å². The summed E-state index contributed by atoms with van der Waals surface area (Å²) >= 11 is 4.61. The van der Waals surface area contributed by atoms with E-state index in [0.29, 0.717) is 17.9 Å². The second-order valence-electron chi connectivity index (χ2n) is 5.23. The number of hydrogen-bond donors (Lipinski definition) is 1. The molecular weight excluding hydrogens is 465 g/mol. The lowest BCUT2D eigenvalue weighted by Gasteiger charge is -2.14. The molecule has 0 fully saturated rings. The maximum Gasteiger partial charge on any atom is 0.442 e. The van der Waals surface area contributed by atoms with Crippen molar-refractivity contribution in [3.05, 3.63) is 58.1 Å². The summed E-state index contributed by atoms with van der Waals surface area (Å²) in [6.07, 6.45) is -3.48. The maximum absolute atomic E-state index is 12.5. The van der Waals surface area contributed by atoms with Crippen molar-refractivity contribution in [2.75, 3.05) is 6.61 Å².